The number of carbonyl (C=O) groups is 4. The van der Waals surface area contributed by atoms with Crippen molar-refractivity contribution in [2.45, 2.75) is 32.7 Å². The van der Waals surface area contributed by atoms with Crippen molar-refractivity contribution in [1.82, 2.24) is 15.2 Å². The molecule has 2 N–H and O–H groups in total. The van der Waals surface area contributed by atoms with Crippen LogP contribution in [0.3, 0.4) is 0 Å². The predicted molar refractivity (Wildman–Crippen MR) is 102 cm³/mol. The Hall–Kier alpha value is -2.59. The monoisotopic (exact) mass is 406 g/mol. The molecule has 0 radical (unpaired) electrons. The second-order valence-electron chi connectivity index (χ2n) is 5.95. The van der Waals surface area contributed by atoms with E-state index in [4.69, 9.17) is 0 Å². The van der Waals surface area contributed by atoms with E-state index in [-0.39, 0.29) is 49.4 Å². The minimum absolute atomic E-state index is 0.0479. The first kappa shape index (κ1) is 19.2. The Balaban J connectivity index is 1.53. The molecule has 0 unspecified atom stereocenters. The van der Waals surface area contributed by atoms with Crippen LogP contribution in [0.25, 0.3) is 10.6 Å². The number of thiophene rings is 1. The molecule has 4 amide bonds. The van der Waals surface area contributed by atoms with E-state index in [0.29, 0.717) is 11.7 Å². The molecule has 0 aliphatic carbocycles. The number of nitrogens with zero attached hydrogens (tertiary/aromatic N) is 2. The second-order valence-corrected chi connectivity index (χ2v) is 7.98. The maximum Gasteiger partial charge on any atom is 0.229 e. The maximum absolute atomic E-state index is 12.1. The quantitative estimate of drug-likeness (QED) is 0.684. The van der Waals surface area contributed by atoms with Gasteiger partial charge in [-0.3, -0.25) is 24.1 Å². The smallest absolute Gasteiger partial charge is 0.229 e. The third-order valence-electron chi connectivity index (χ3n) is 3.89. The van der Waals surface area contributed by atoms with Crippen molar-refractivity contribution in [3.63, 3.8) is 0 Å². The number of imide groups is 1. The van der Waals surface area contributed by atoms with Crippen LogP contribution in [-0.2, 0) is 25.7 Å². The van der Waals surface area contributed by atoms with E-state index in [2.05, 4.69) is 15.6 Å². The summed E-state index contributed by atoms with van der Waals surface area (Å²) in [5, 5.41) is 7.75. The van der Waals surface area contributed by atoms with Crippen molar-refractivity contribution in [2.75, 3.05) is 11.9 Å². The Morgan fingerprint density at radius 1 is 1.22 bits per heavy atom. The van der Waals surface area contributed by atoms with Crippen LogP contribution in [-0.4, -0.2) is 40.1 Å². The molecule has 0 aromatic carbocycles. The highest BCUT2D eigenvalue weighted by Crippen LogP contribution is 2.30. The SMILES string of the molecule is CC(=O)NCc1ccc(-c2csc(NC(=O)CCN3C(=O)CCC3=O)n2)s1. The van der Waals surface area contributed by atoms with Crippen molar-refractivity contribution in [3.8, 4) is 10.6 Å². The topological polar surface area (TPSA) is 108 Å². The summed E-state index contributed by atoms with van der Waals surface area (Å²) >= 11 is 2.83. The molecule has 27 heavy (non-hydrogen) atoms. The molecule has 3 heterocycles. The standard InChI is InChI=1S/C17H18N4O4S2/c1-10(22)18-8-11-2-3-13(27-11)12-9-26-17(19-12)20-14(23)6-7-21-15(24)4-5-16(21)25/h2-3,9H,4-8H2,1H3,(H,18,22)(H,19,20,23). The summed E-state index contributed by atoms with van der Waals surface area (Å²) in [6, 6.07) is 3.85. The molecule has 142 valence electrons. The predicted octanol–water partition coefficient (Wildman–Crippen LogP) is 1.99. The highest BCUT2D eigenvalue weighted by Gasteiger charge is 2.28. The fourth-order valence-electron chi connectivity index (χ4n) is 2.53. The van der Waals surface area contributed by atoms with E-state index < -0.39 is 0 Å². The summed E-state index contributed by atoms with van der Waals surface area (Å²) in [5.74, 6) is -0.823. The van der Waals surface area contributed by atoms with Gasteiger partial charge >= 0.3 is 0 Å². The lowest BCUT2D eigenvalue weighted by molar-refractivity contribution is -0.138. The third-order valence-corrected chi connectivity index (χ3v) is 5.76. The lowest BCUT2D eigenvalue weighted by atomic mass is 10.3. The fourth-order valence-corrected chi connectivity index (χ4v) is 4.24. The summed E-state index contributed by atoms with van der Waals surface area (Å²) in [4.78, 5) is 53.6. The zero-order valence-electron chi connectivity index (χ0n) is 14.6. The van der Waals surface area contributed by atoms with Crippen LogP contribution < -0.4 is 10.6 Å². The highest BCUT2D eigenvalue weighted by molar-refractivity contribution is 7.17. The van der Waals surface area contributed by atoms with Gasteiger partial charge in [0.15, 0.2) is 5.13 Å². The van der Waals surface area contributed by atoms with E-state index in [1.807, 2.05) is 17.5 Å². The Morgan fingerprint density at radius 2 is 1.96 bits per heavy atom. The average Bonchev–Trinajstić information content (AvgIpc) is 3.33. The number of anilines is 1. The number of likely N-dealkylation sites (tertiary alicyclic amines) is 1. The Morgan fingerprint density at radius 3 is 2.67 bits per heavy atom. The number of hydrogen-bond donors (Lipinski definition) is 2. The van der Waals surface area contributed by atoms with Gasteiger partial charge in [-0.25, -0.2) is 4.98 Å². The van der Waals surface area contributed by atoms with E-state index in [0.717, 1.165) is 20.3 Å². The fraction of sp³-hybridized carbons (Fsp3) is 0.353. The lowest BCUT2D eigenvalue weighted by Gasteiger charge is -2.12. The van der Waals surface area contributed by atoms with Crippen LogP contribution in [0.4, 0.5) is 5.13 Å². The first-order valence-corrected chi connectivity index (χ1v) is 10.0. The molecule has 0 saturated carbocycles. The van der Waals surface area contributed by atoms with E-state index in [1.165, 1.54) is 29.6 Å². The summed E-state index contributed by atoms with van der Waals surface area (Å²) in [7, 11) is 0. The van der Waals surface area contributed by atoms with E-state index in [1.54, 1.807) is 0 Å². The number of nitrogens with one attached hydrogen (secondary N) is 2. The highest BCUT2D eigenvalue weighted by atomic mass is 32.1. The van der Waals surface area contributed by atoms with Gasteiger partial charge in [0.2, 0.25) is 23.6 Å². The van der Waals surface area contributed by atoms with Crippen LogP contribution in [0.5, 0.6) is 0 Å². The number of carbonyl (C=O) groups excluding carboxylic acids is 4. The number of rotatable bonds is 7. The zero-order valence-corrected chi connectivity index (χ0v) is 16.2. The molecule has 0 spiro atoms. The van der Waals surface area contributed by atoms with Crippen molar-refractivity contribution in [1.29, 1.82) is 0 Å². The molecule has 3 rings (SSSR count). The summed E-state index contributed by atoms with van der Waals surface area (Å²) in [5.41, 5.74) is 0.749. The first-order chi connectivity index (χ1) is 12.9. The van der Waals surface area contributed by atoms with Gasteiger partial charge in [0.05, 0.1) is 17.1 Å². The van der Waals surface area contributed by atoms with Gasteiger partial charge in [-0.15, -0.1) is 22.7 Å². The van der Waals surface area contributed by atoms with Gasteiger partial charge in [-0.05, 0) is 12.1 Å². The van der Waals surface area contributed by atoms with E-state index in [9.17, 15) is 19.2 Å². The van der Waals surface area contributed by atoms with Gasteiger partial charge in [0.1, 0.15) is 0 Å². The molecule has 1 aliphatic rings. The number of amides is 4. The van der Waals surface area contributed by atoms with Gasteiger partial charge in [0.25, 0.3) is 0 Å². The summed E-state index contributed by atoms with van der Waals surface area (Å²) in [6.45, 7) is 2.04. The Bertz CT molecular complexity index is 873. The molecule has 1 aliphatic heterocycles. The van der Waals surface area contributed by atoms with Crippen LogP contribution in [0.15, 0.2) is 17.5 Å². The van der Waals surface area contributed by atoms with E-state index >= 15 is 0 Å². The van der Waals surface area contributed by atoms with Crippen molar-refractivity contribution in [3.05, 3.63) is 22.4 Å². The van der Waals surface area contributed by atoms with Crippen LogP contribution in [0.1, 0.15) is 31.1 Å². The number of hydrogen-bond acceptors (Lipinski definition) is 7. The number of thiazole rings is 1. The lowest BCUT2D eigenvalue weighted by Crippen LogP contribution is -2.32. The molecule has 8 nitrogen and oxygen atoms in total. The molecule has 2 aromatic rings. The van der Waals surface area contributed by atoms with Crippen LogP contribution in [0, 0.1) is 0 Å². The molecular formula is C17H18N4O4S2. The van der Waals surface area contributed by atoms with Gasteiger partial charge in [-0.2, -0.15) is 0 Å². The van der Waals surface area contributed by atoms with Gasteiger partial charge in [0, 0.05) is 43.0 Å². The molecule has 0 atom stereocenters. The molecular weight excluding hydrogens is 388 g/mol. The zero-order chi connectivity index (χ0) is 19.4. The molecule has 10 heteroatoms. The minimum atomic E-state index is -0.291. The Kier molecular flexibility index (Phi) is 5.97. The summed E-state index contributed by atoms with van der Waals surface area (Å²) in [6.07, 6.45) is 0.494. The van der Waals surface area contributed by atoms with Gasteiger partial charge < -0.3 is 10.6 Å². The largest absolute Gasteiger partial charge is 0.351 e. The van der Waals surface area contributed by atoms with Crippen molar-refractivity contribution in [2.24, 2.45) is 0 Å². The van der Waals surface area contributed by atoms with Gasteiger partial charge in [-0.1, -0.05) is 0 Å². The maximum atomic E-state index is 12.1. The van der Waals surface area contributed by atoms with Crippen LogP contribution in [0.2, 0.25) is 0 Å². The first-order valence-electron chi connectivity index (χ1n) is 8.34. The Labute approximate surface area is 163 Å². The average molecular weight is 406 g/mol. The minimum Gasteiger partial charge on any atom is -0.351 e. The van der Waals surface area contributed by atoms with Crippen molar-refractivity contribution < 1.29 is 19.2 Å². The number of aromatic nitrogens is 1. The molecule has 1 fully saturated rings. The van der Waals surface area contributed by atoms with Crippen molar-refractivity contribution >= 4 is 51.4 Å². The molecule has 2 aromatic heterocycles. The third kappa shape index (κ3) is 4.98. The molecule has 1 saturated heterocycles. The second kappa shape index (κ2) is 8.40. The molecule has 0 bridgehead atoms. The van der Waals surface area contributed by atoms with Crippen LogP contribution >= 0.6 is 22.7 Å². The summed E-state index contributed by atoms with van der Waals surface area (Å²) < 4.78 is 0. The normalized spacial score (nSPS) is 13.9.